The van der Waals surface area contributed by atoms with E-state index >= 15 is 0 Å². The summed E-state index contributed by atoms with van der Waals surface area (Å²) in [6.45, 7) is 4.79. The highest BCUT2D eigenvalue weighted by molar-refractivity contribution is 6.23. The molecule has 5 amide bonds. The van der Waals surface area contributed by atoms with Gasteiger partial charge in [-0.15, -0.1) is 0 Å². The molecule has 0 aromatic heterocycles. The molecular weight excluding hydrogens is 774 g/mol. The highest BCUT2D eigenvalue weighted by atomic mass is 19.1. The van der Waals surface area contributed by atoms with Crippen molar-refractivity contribution in [3.05, 3.63) is 119 Å². The van der Waals surface area contributed by atoms with Gasteiger partial charge in [0.05, 0.1) is 17.7 Å². The first-order valence-electron chi connectivity index (χ1n) is 21.3. The second kappa shape index (κ2) is 15.3. The minimum atomic E-state index is -1.00. The van der Waals surface area contributed by atoms with Gasteiger partial charge in [0.1, 0.15) is 17.6 Å². The summed E-state index contributed by atoms with van der Waals surface area (Å²) in [6, 6.07) is 27.2. The fraction of sp³-hybridized carbons (Fsp3) is 0.327. The number of piperidine rings is 3. The number of carbonyl (C=O) groups excluding carboxylic acids is 5. The van der Waals surface area contributed by atoms with Crippen LogP contribution in [0.1, 0.15) is 70.4 Å². The van der Waals surface area contributed by atoms with Gasteiger partial charge in [-0.25, -0.2) is 4.39 Å². The summed E-state index contributed by atoms with van der Waals surface area (Å²) in [5, 5.41) is 14.4. The third-order valence-corrected chi connectivity index (χ3v) is 13.9. The van der Waals surface area contributed by atoms with E-state index in [1.165, 1.54) is 17.8 Å². The van der Waals surface area contributed by atoms with Gasteiger partial charge in [-0.1, -0.05) is 42.5 Å². The molecule has 310 valence electrons. The Morgan fingerprint density at radius 2 is 1.39 bits per heavy atom. The van der Waals surface area contributed by atoms with E-state index in [0.717, 1.165) is 101 Å². The molecule has 3 fully saturated rings. The summed E-state index contributed by atoms with van der Waals surface area (Å²) in [4.78, 5) is 72.1. The van der Waals surface area contributed by atoms with E-state index in [-0.39, 0.29) is 47.8 Å². The molecule has 0 radical (unpaired) electrons. The molecule has 1 spiro atoms. The van der Waals surface area contributed by atoms with Crippen LogP contribution in [-0.4, -0.2) is 94.7 Å². The maximum absolute atomic E-state index is 13.9. The lowest BCUT2D eigenvalue weighted by atomic mass is 9.71. The van der Waals surface area contributed by atoms with Crippen LogP contribution in [0.5, 0.6) is 5.75 Å². The maximum Gasteiger partial charge on any atom is 0.262 e. The molecule has 5 aromatic rings. The van der Waals surface area contributed by atoms with Gasteiger partial charge >= 0.3 is 0 Å². The summed E-state index contributed by atoms with van der Waals surface area (Å²) in [7, 11) is 0. The van der Waals surface area contributed by atoms with Gasteiger partial charge in [-0.05, 0) is 137 Å². The Balaban J connectivity index is 0.749. The topological polar surface area (TPSA) is 131 Å². The summed E-state index contributed by atoms with van der Waals surface area (Å²) >= 11 is 0. The minimum absolute atomic E-state index is 0.0716. The predicted molar refractivity (Wildman–Crippen MR) is 228 cm³/mol. The number of amides is 5. The number of hydrogen-bond acceptors (Lipinski definition) is 8. The predicted octanol–water partition coefficient (Wildman–Crippen LogP) is 6.69. The molecule has 0 bridgehead atoms. The number of fused-ring (bicyclic) bond motifs is 3. The first kappa shape index (κ1) is 38.8. The number of phenolic OH excluding ortho intramolecular Hbond substituents is 1. The third-order valence-electron chi connectivity index (χ3n) is 13.9. The normalized spacial score (nSPS) is 20.3. The van der Waals surface area contributed by atoms with Crippen molar-refractivity contribution in [3.63, 3.8) is 0 Å². The summed E-state index contributed by atoms with van der Waals surface area (Å²) in [5.74, 6) is -2.02. The van der Waals surface area contributed by atoms with E-state index in [1.54, 1.807) is 36.4 Å². The average Bonchev–Trinajstić information content (AvgIpc) is 3.50. The molecule has 5 heterocycles. The molecule has 3 saturated heterocycles. The molecule has 5 aliphatic heterocycles. The number of halogens is 1. The lowest BCUT2D eigenvalue weighted by Gasteiger charge is -2.47. The van der Waals surface area contributed by atoms with E-state index in [0.29, 0.717) is 25.1 Å². The Hall–Kier alpha value is -6.40. The largest absolute Gasteiger partial charge is 0.508 e. The van der Waals surface area contributed by atoms with Crippen LogP contribution in [0.15, 0.2) is 91.0 Å². The molecule has 5 aromatic carbocycles. The monoisotopic (exact) mass is 819 g/mol. The van der Waals surface area contributed by atoms with Crippen molar-refractivity contribution < 1.29 is 33.5 Å². The average molecular weight is 820 g/mol. The highest BCUT2D eigenvalue weighted by Crippen LogP contribution is 2.44. The number of carbonyl (C=O) groups is 5. The first-order valence-corrected chi connectivity index (χ1v) is 21.3. The van der Waals surface area contributed by atoms with Crippen LogP contribution in [0.3, 0.4) is 0 Å². The smallest absolute Gasteiger partial charge is 0.262 e. The molecule has 61 heavy (non-hydrogen) atoms. The zero-order valence-corrected chi connectivity index (χ0v) is 33.8. The fourth-order valence-electron chi connectivity index (χ4n) is 10.3. The highest BCUT2D eigenvalue weighted by Gasteiger charge is 2.45. The minimum Gasteiger partial charge on any atom is -0.508 e. The van der Waals surface area contributed by atoms with Gasteiger partial charge in [-0.3, -0.25) is 39.1 Å². The lowest BCUT2D eigenvalue weighted by Crippen LogP contribution is -2.54. The molecule has 1 unspecified atom stereocenters. The van der Waals surface area contributed by atoms with Crippen molar-refractivity contribution in [1.82, 2.24) is 20.0 Å². The number of hydrogen-bond donors (Lipinski definition) is 2. The van der Waals surface area contributed by atoms with Crippen LogP contribution in [0.4, 0.5) is 10.1 Å². The molecule has 12 heteroatoms. The number of nitrogens with one attached hydrogen (secondary N) is 1. The third kappa shape index (κ3) is 7.12. The number of rotatable bonds is 6. The van der Waals surface area contributed by atoms with Crippen LogP contribution >= 0.6 is 0 Å². The molecule has 5 aliphatic rings. The van der Waals surface area contributed by atoms with Crippen molar-refractivity contribution in [2.75, 3.05) is 44.2 Å². The Bertz CT molecular complexity index is 2630. The Morgan fingerprint density at radius 1 is 0.721 bits per heavy atom. The van der Waals surface area contributed by atoms with Crippen LogP contribution in [0.2, 0.25) is 0 Å². The quantitative estimate of drug-likeness (QED) is 0.182. The SMILES string of the molecule is O=C1CCC(N2C(=O)c3cc4c(cc3C2=O)CN(CC(=O)N2CCC3(CC2)CCN(c2ccc(-c5c(-c6ccc(F)cc6)ccc6cc(O)ccc56)cc2)CC3)CC4)C(=O)N1. The van der Waals surface area contributed by atoms with Gasteiger partial charge in [0, 0.05) is 51.4 Å². The van der Waals surface area contributed by atoms with E-state index in [4.69, 9.17) is 0 Å². The van der Waals surface area contributed by atoms with Gasteiger partial charge < -0.3 is 14.9 Å². The lowest BCUT2D eigenvalue weighted by molar-refractivity contribution is -0.137. The summed E-state index contributed by atoms with van der Waals surface area (Å²) in [5.41, 5.74) is 7.83. The van der Waals surface area contributed by atoms with Crippen LogP contribution in [0, 0.1) is 11.2 Å². The van der Waals surface area contributed by atoms with Crippen molar-refractivity contribution in [2.24, 2.45) is 5.41 Å². The standard InChI is InChI=1S/C49H46FN5O6/c50-35-6-1-30(2-7-35)38-11-5-33-25-37(56)10-12-39(33)45(38)31-3-8-36(9-4-31)53-21-16-49(17-22-53)18-23-54(24-19-49)44(58)29-52-20-15-32-26-40-41(27-34(32)28-52)48(61)55(47(40)60)42-13-14-43(57)51-46(42)59/h1-12,25-27,42,56H,13-24,28-29H2,(H,51,57,59). The van der Waals surface area contributed by atoms with Crippen molar-refractivity contribution >= 4 is 46.0 Å². The molecule has 1 atom stereocenters. The number of nitrogens with zero attached hydrogens (tertiary/aromatic N) is 4. The van der Waals surface area contributed by atoms with Crippen LogP contribution in [0.25, 0.3) is 33.0 Å². The van der Waals surface area contributed by atoms with Crippen LogP contribution in [-0.2, 0) is 27.3 Å². The Morgan fingerprint density at radius 3 is 2.10 bits per heavy atom. The maximum atomic E-state index is 13.9. The Labute approximate surface area is 352 Å². The first-order chi connectivity index (χ1) is 29.5. The summed E-state index contributed by atoms with van der Waals surface area (Å²) in [6.07, 6.45) is 4.90. The fourth-order valence-corrected chi connectivity index (χ4v) is 10.3. The number of likely N-dealkylation sites (tertiary alicyclic amines) is 1. The van der Waals surface area contributed by atoms with Crippen LogP contribution < -0.4 is 10.2 Å². The Kier molecular flexibility index (Phi) is 9.70. The van der Waals surface area contributed by atoms with E-state index in [2.05, 4.69) is 39.4 Å². The van der Waals surface area contributed by atoms with Gasteiger partial charge in [0.15, 0.2) is 0 Å². The van der Waals surface area contributed by atoms with E-state index in [1.807, 2.05) is 23.1 Å². The number of anilines is 1. The van der Waals surface area contributed by atoms with Crippen molar-refractivity contribution in [2.45, 2.75) is 57.5 Å². The number of aromatic hydroxyl groups is 1. The van der Waals surface area contributed by atoms with E-state index < -0.39 is 29.7 Å². The number of phenols is 1. The number of imide groups is 2. The van der Waals surface area contributed by atoms with E-state index in [9.17, 15) is 33.5 Å². The van der Waals surface area contributed by atoms with Gasteiger partial charge in [0.2, 0.25) is 17.7 Å². The molecule has 2 N–H and O–H groups in total. The van der Waals surface area contributed by atoms with Crippen molar-refractivity contribution in [1.29, 1.82) is 0 Å². The van der Waals surface area contributed by atoms with Gasteiger partial charge in [-0.2, -0.15) is 0 Å². The van der Waals surface area contributed by atoms with Crippen molar-refractivity contribution in [3.8, 4) is 28.0 Å². The second-order valence-corrected chi connectivity index (χ2v) is 17.4. The number of benzene rings is 5. The molecule has 11 nitrogen and oxygen atoms in total. The second-order valence-electron chi connectivity index (χ2n) is 17.4. The molecule has 0 saturated carbocycles. The molecule has 10 rings (SSSR count). The molecule has 0 aliphatic carbocycles. The zero-order valence-electron chi connectivity index (χ0n) is 33.8. The molecular formula is C49H46FN5O6. The zero-order chi connectivity index (χ0) is 42.0. The van der Waals surface area contributed by atoms with Gasteiger partial charge in [0.25, 0.3) is 11.8 Å². The summed E-state index contributed by atoms with van der Waals surface area (Å²) < 4.78 is 13.9.